The summed E-state index contributed by atoms with van der Waals surface area (Å²) in [5.41, 5.74) is 0.0977. The van der Waals surface area contributed by atoms with Crippen LogP contribution < -0.4 is 4.48 Å². The first-order valence-electron chi connectivity index (χ1n) is 7.60. The van der Waals surface area contributed by atoms with Crippen molar-refractivity contribution >= 4 is 17.4 Å². The lowest BCUT2D eigenvalue weighted by atomic mass is 9.93. The van der Waals surface area contributed by atoms with Gasteiger partial charge in [0, 0.05) is 24.8 Å². The zero-order chi connectivity index (χ0) is 16.9. The van der Waals surface area contributed by atoms with Crippen LogP contribution in [0.15, 0.2) is 17.7 Å². The Labute approximate surface area is 132 Å². The van der Waals surface area contributed by atoms with Crippen LogP contribution in [0.5, 0.6) is 0 Å². The molecule has 2 aliphatic rings. The summed E-state index contributed by atoms with van der Waals surface area (Å²) in [6.45, 7) is 2.00. The van der Waals surface area contributed by atoms with E-state index in [0.717, 1.165) is 18.9 Å². The van der Waals surface area contributed by atoms with Gasteiger partial charge in [0.2, 0.25) is 5.78 Å². The van der Waals surface area contributed by atoms with Crippen molar-refractivity contribution in [3.05, 3.63) is 40.5 Å². The standard InChI is InChI=1S/C17H17F2NO3/c1-9-14(19)13(18)8-12-15(9)20(2,10-5-6-10)7-3-4-11(16(12)21)17(22)23/h4,8,10H,3,5-7H2,1-2H3/p+1. The molecule has 0 spiro atoms. The normalized spacial score (nSPS) is 24.5. The first-order chi connectivity index (χ1) is 10.8. The third kappa shape index (κ3) is 2.37. The van der Waals surface area contributed by atoms with Crippen LogP contribution in [0.4, 0.5) is 14.5 Å². The van der Waals surface area contributed by atoms with E-state index >= 15 is 0 Å². The molecule has 0 amide bonds. The molecule has 1 aliphatic heterocycles. The van der Waals surface area contributed by atoms with Gasteiger partial charge in [-0.05, 0) is 13.0 Å². The molecule has 0 saturated heterocycles. The first kappa shape index (κ1) is 15.8. The number of hydrogen-bond donors (Lipinski definition) is 1. The van der Waals surface area contributed by atoms with Crippen molar-refractivity contribution in [2.45, 2.75) is 32.2 Å². The molecule has 1 fully saturated rings. The number of carboxylic acids is 1. The van der Waals surface area contributed by atoms with Gasteiger partial charge in [-0.25, -0.2) is 13.6 Å². The minimum atomic E-state index is -1.34. The molecule has 1 atom stereocenters. The Hall–Kier alpha value is -2.08. The zero-order valence-electron chi connectivity index (χ0n) is 13.0. The summed E-state index contributed by atoms with van der Waals surface area (Å²) in [5.74, 6) is -4.18. The van der Waals surface area contributed by atoms with Crippen LogP contribution in [0.3, 0.4) is 0 Å². The van der Waals surface area contributed by atoms with Crippen LogP contribution >= 0.6 is 0 Å². The minimum absolute atomic E-state index is 0.0378. The summed E-state index contributed by atoms with van der Waals surface area (Å²) in [6.07, 6.45) is 3.71. The molecule has 1 N–H and O–H groups in total. The Kier molecular flexibility index (Phi) is 3.59. The lowest BCUT2D eigenvalue weighted by Gasteiger charge is -2.37. The maximum absolute atomic E-state index is 14.1. The van der Waals surface area contributed by atoms with Crippen LogP contribution in [-0.4, -0.2) is 36.5 Å². The van der Waals surface area contributed by atoms with E-state index in [-0.39, 0.29) is 22.7 Å². The predicted octanol–water partition coefficient (Wildman–Crippen LogP) is 2.97. The Balaban J connectivity index is 2.31. The molecular weight excluding hydrogens is 304 g/mol. The third-order valence-corrected chi connectivity index (χ3v) is 4.95. The second-order valence-corrected chi connectivity index (χ2v) is 6.46. The Morgan fingerprint density at radius 1 is 1.35 bits per heavy atom. The molecule has 1 aliphatic carbocycles. The van der Waals surface area contributed by atoms with Crippen LogP contribution in [-0.2, 0) is 4.79 Å². The number of rotatable bonds is 2. The number of hydrogen-bond acceptors (Lipinski definition) is 2. The molecule has 1 aromatic rings. The molecule has 23 heavy (non-hydrogen) atoms. The Bertz CT molecular complexity index is 753. The number of carboxylic acid groups (broad SMARTS) is 1. The lowest BCUT2D eigenvalue weighted by Crippen LogP contribution is -2.50. The van der Waals surface area contributed by atoms with E-state index in [9.17, 15) is 23.5 Å². The number of carbonyl (C=O) groups excluding carboxylic acids is 1. The number of ketones is 1. The average Bonchev–Trinajstić information content (AvgIpc) is 3.31. The molecule has 1 unspecified atom stereocenters. The van der Waals surface area contributed by atoms with Gasteiger partial charge in [0.05, 0.1) is 25.2 Å². The molecule has 4 nitrogen and oxygen atoms in total. The SMILES string of the molecule is Cc1c(F)c(F)cc2c1[N+](C)(C1CC1)CCC=C(C(=O)O)C2=O. The summed E-state index contributed by atoms with van der Waals surface area (Å²) in [6, 6.07) is 1.10. The summed E-state index contributed by atoms with van der Waals surface area (Å²) < 4.78 is 28.3. The number of nitrogens with zero attached hydrogens (tertiary/aromatic N) is 1. The minimum Gasteiger partial charge on any atom is -0.478 e. The summed E-state index contributed by atoms with van der Waals surface area (Å²) in [4.78, 5) is 24.0. The maximum Gasteiger partial charge on any atom is 0.339 e. The molecule has 1 heterocycles. The number of aliphatic carboxylic acids is 1. The summed E-state index contributed by atoms with van der Waals surface area (Å²) in [7, 11) is 1.91. The fourth-order valence-electron chi connectivity index (χ4n) is 3.60. The monoisotopic (exact) mass is 322 g/mol. The summed E-state index contributed by atoms with van der Waals surface area (Å²) in [5, 5.41) is 9.23. The van der Waals surface area contributed by atoms with Crippen LogP contribution in [0, 0.1) is 18.6 Å². The molecule has 0 radical (unpaired) electrons. The smallest absolute Gasteiger partial charge is 0.339 e. The van der Waals surface area contributed by atoms with Gasteiger partial charge in [0.1, 0.15) is 11.3 Å². The average molecular weight is 322 g/mol. The number of fused-ring (bicyclic) bond motifs is 1. The van der Waals surface area contributed by atoms with Crippen molar-refractivity contribution in [1.82, 2.24) is 4.48 Å². The highest BCUT2D eigenvalue weighted by Crippen LogP contribution is 2.44. The number of halogens is 2. The van der Waals surface area contributed by atoms with E-state index in [1.54, 1.807) is 0 Å². The van der Waals surface area contributed by atoms with E-state index in [1.165, 1.54) is 13.0 Å². The quantitative estimate of drug-likeness (QED) is 0.673. The van der Waals surface area contributed by atoms with E-state index < -0.39 is 23.4 Å². The Morgan fingerprint density at radius 3 is 2.57 bits per heavy atom. The molecule has 122 valence electrons. The van der Waals surface area contributed by atoms with Gasteiger partial charge >= 0.3 is 5.97 Å². The highest BCUT2D eigenvalue weighted by Gasteiger charge is 2.47. The van der Waals surface area contributed by atoms with Crippen molar-refractivity contribution in [2.75, 3.05) is 13.6 Å². The zero-order valence-corrected chi connectivity index (χ0v) is 13.0. The van der Waals surface area contributed by atoms with Crippen LogP contribution in [0.1, 0.15) is 35.2 Å². The number of quaternary nitrogens is 1. The second-order valence-electron chi connectivity index (χ2n) is 6.46. The van der Waals surface area contributed by atoms with Gasteiger partial charge in [-0.3, -0.25) is 9.28 Å². The summed E-state index contributed by atoms with van der Waals surface area (Å²) >= 11 is 0. The topological polar surface area (TPSA) is 54.4 Å². The predicted molar refractivity (Wildman–Crippen MR) is 81.4 cm³/mol. The third-order valence-electron chi connectivity index (χ3n) is 4.95. The number of carbonyl (C=O) groups is 2. The van der Waals surface area contributed by atoms with Crippen LogP contribution in [0.2, 0.25) is 0 Å². The second kappa shape index (κ2) is 5.23. The van der Waals surface area contributed by atoms with Crippen molar-refractivity contribution in [3.8, 4) is 0 Å². The van der Waals surface area contributed by atoms with Crippen molar-refractivity contribution < 1.29 is 23.5 Å². The molecule has 6 heteroatoms. The lowest BCUT2D eigenvalue weighted by molar-refractivity contribution is -0.132. The Morgan fingerprint density at radius 2 is 2.00 bits per heavy atom. The van der Waals surface area contributed by atoms with Gasteiger partial charge in [-0.15, -0.1) is 0 Å². The fraction of sp³-hybridized carbons (Fsp3) is 0.412. The van der Waals surface area contributed by atoms with E-state index in [1.807, 2.05) is 7.05 Å². The molecule has 3 rings (SSSR count). The molecule has 1 saturated carbocycles. The van der Waals surface area contributed by atoms with Crippen molar-refractivity contribution in [3.63, 3.8) is 0 Å². The van der Waals surface area contributed by atoms with E-state index in [2.05, 4.69) is 0 Å². The van der Waals surface area contributed by atoms with Crippen molar-refractivity contribution in [2.24, 2.45) is 0 Å². The van der Waals surface area contributed by atoms with Crippen LogP contribution in [0.25, 0.3) is 0 Å². The highest BCUT2D eigenvalue weighted by atomic mass is 19.2. The molecule has 1 aromatic carbocycles. The molecular formula is C17H18F2NO3+. The number of benzene rings is 1. The van der Waals surface area contributed by atoms with Gasteiger partial charge in [0.15, 0.2) is 11.6 Å². The molecule has 0 bridgehead atoms. The number of Topliss-reactive ketones (excluding diaryl/α,β-unsaturated/α-hetero) is 1. The maximum atomic E-state index is 14.1. The van der Waals surface area contributed by atoms with Crippen molar-refractivity contribution in [1.29, 1.82) is 0 Å². The van der Waals surface area contributed by atoms with Gasteiger partial charge in [-0.1, -0.05) is 6.08 Å². The highest BCUT2D eigenvalue weighted by molar-refractivity contribution is 6.25. The van der Waals surface area contributed by atoms with Gasteiger partial charge in [0.25, 0.3) is 0 Å². The van der Waals surface area contributed by atoms with Gasteiger partial charge < -0.3 is 5.11 Å². The fourth-order valence-corrected chi connectivity index (χ4v) is 3.60. The van der Waals surface area contributed by atoms with E-state index in [4.69, 9.17) is 0 Å². The van der Waals surface area contributed by atoms with Gasteiger partial charge in [-0.2, -0.15) is 0 Å². The van der Waals surface area contributed by atoms with E-state index in [0.29, 0.717) is 23.1 Å². The largest absolute Gasteiger partial charge is 0.478 e. The molecule has 0 aromatic heterocycles. The first-order valence-corrected chi connectivity index (χ1v) is 7.60.